The van der Waals surface area contributed by atoms with Crippen LogP contribution in [0, 0.1) is 0 Å². The third-order valence-corrected chi connectivity index (χ3v) is 3.51. The normalized spacial score (nSPS) is 17.7. The van der Waals surface area contributed by atoms with Gasteiger partial charge in [0, 0.05) is 18.0 Å². The minimum atomic E-state index is 0.279. The zero-order valence-corrected chi connectivity index (χ0v) is 10.6. The monoisotopic (exact) mass is 239 g/mol. The van der Waals surface area contributed by atoms with E-state index in [4.69, 9.17) is 4.74 Å². The molecule has 0 saturated carbocycles. The second-order valence-electron chi connectivity index (χ2n) is 4.70. The Kier molecular flexibility index (Phi) is 3.11. The Morgan fingerprint density at radius 3 is 3.00 bits per heavy atom. The predicted molar refractivity (Wildman–Crippen MR) is 72.1 cm³/mol. The molecule has 0 amide bonds. The van der Waals surface area contributed by atoms with E-state index in [1.807, 2.05) is 18.5 Å². The molecule has 1 aliphatic rings. The minimum absolute atomic E-state index is 0.279. The molecule has 0 N–H and O–H groups in total. The van der Waals surface area contributed by atoms with Gasteiger partial charge in [-0.2, -0.15) is 0 Å². The van der Waals surface area contributed by atoms with Crippen LogP contribution in [0.4, 0.5) is 0 Å². The Hall–Kier alpha value is -1.67. The Labute approximate surface area is 108 Å². The standard InChI is InChI=1S/C16H17NO/c1-2-5-16-14-8-3-7-13(15(14)11-18-16)12-6-4-9-17-10-12/h3-4,6-10,16H,2,5,11H2,1H3/t16-/m1/s1. The summed E-state index contributed by atoms with van der Waals surface area (Å²) in [4.78, 5) is 4.20. The number of aromatic nitrogens is 1. The van der Waals surface area contributed by atoms with Gasteiger partial charge in [-0.25, -0.2) is 0 Å². The van der Waals surface area contributed by atoms with E-state index in [2.05, 4.69) is 36.2 Å². The molecule has 0 spiro atoms. The Bertz CT molecular complexity index is 536. The van der Waals surface area contributed by atoms with Crippen LogP contribution in [-0.4, -0.2) is 4.98 Å². The Balaban J connectivity index is 2.04. The molecule has 0 saturated heterocycles. The molecule has 2 aromatic rings. The van der Waals surface area contributed by atoms with Crippen molar-refractivity contribution in [1.82, 2.24) is 4.98 Å². The second kappa shape index (κ2) is 4.91. The summed E-state index contributed by atoms with van der Waals surface area (Å²) in [6.45, 7) is 2.93. The van der Waals surface area contributed by atoms with Crippen molar-refractivity contribution in [3.63, 3.8) is 0 Å². The molecular formula is C16H17NO. The van der Waals surface area contributed by atoms with E-state index < -0.39 is 0 Å². The maximum Gasteiger partial charge on any atom is 0.0833 e. The summed E-state index contributed by atoms with van der Waals surface area (Å²) in [5.74, 6) is 0. The van der Waals surface area contributed by atoms with Crippen molar-refractivity contribution in [2.45, 2.75) is 32.5 Å². The van der Waals surface area contributed by atoms with Crippen LogP contribution in [0.25, 0.3) is 11.1 Å². The minimum Gasteiger partial charge on any atom is -0.369 e. The fraction of sp³-hybridized carbons (Fsp3) is 0.312. The summed E-state index contributed by atoms with van der Waals surface area (Å²) in [6, 6.07) is 10.6. The summed E-state index contributed by atoms with van der Waals surface area (Å²) in [5, 5.41) is 0. The molecule has 92 valence electrons. The van der Waals surface area contributed by atoms with Gasteiger partial charge < -0.3 is 4.74 Å². The van der Waals surface area contributed by atoms with Crippen molar-refractivity contribution in [2.75, 3.05) is 0 Å². The Morgan fingerprint density at radius 2 is 2.22 bits per heavy atom. The van der Waals surface area contributed by atoms with E-state index in [-0.39, 0.29) is 6.10 Å². The average molecular weight is 239 g/mol. The lowest BCUT2D eigenvalue weighted by Crippen LogP contribution is -1.94. The number of fused-ring (bicyclic) bond motifs is 1. The van der Waals surface area contributed by atoms with Crippen molar-refractivity contribution in [2.24, 2.45) is 0 Å². The quantitative estimate of drug-likeness (QED) is 0.803. The number of nitrogens with zero attached hydrogens (tertiary/aromatic N) is 1. The van der Waals surface area contributed by atoms with Crippen LogP contribution in [0.5, 0.6) is 0 Å². The highest BCUT2D eigenvalue weighted by molar-refractivity contribution is 5.68. The molecule has 2 heterocycles. The first kappa shape index (κ1) is 11.4. The van der Waals surface area contributed by atoms with E-state index in [1.165, 1.54) is 22.3 Å². The molecule has 18 heavy (non-hydrogen) atoms. The van der Waals surface area contributed by atoms with Crippen LogP contribution < -0.4 is 0 Å². The first-order valence-electron chi connectivity index (χ1n) is 6.54. The molecule has 0 fully saturated rings. The molecule has 1 aliphatic heterocycles. The summed E-state index contributed by atoms with van der Waals surface area (Å²) in [7, 11) is 0. The number of rotatable bonds is 3. The molecule has 3 rings (SSSR count). The van der Waals surface area contributed by atoms with Crippen LogP contribution in [0.2, 0.25) is 0 Å². The van der Waals surface area contributed by atoms with E-state index >= 15 is 0 Å². The van der Waals surface area contributed by atoms with Crippen LogP contribution in [0.3, 0.4) is 0 Å². The molecule has 0 radical (unpaired) electrons. The molecule has 1 atom stereocenters. The molecule has 2 heteroatoms. The largest absolute Gasteiger partial charge is 0.369 e. The second-order valence-corrected chi connectivity index (χ2v) is 4.70. The van der Waals surface area contributed by atoms with Crippen LogP contribution >= 0.6 is 0 Å². The van der Waals surface area contributed by atoms with Crippen molar-refractivity contribution in [3.8, 4) is 11.1 Å². The highest BCUT2D eigenvalue weighted by atomic mass is 16.5. The SMILES string of the molecule is CCC[C@H]1OCc2c(-c3cccnc3)cccc21. The molecular weight excluding hydrogens is 222 g/mol. The summed E-state index contributed by atoms with van der Waals surface area (Å²) >= 11 is 0. The van der Waals surface area contributed by atoms with Crippen molar-refractivity contribution in [1.29, 1.82) is 0 Å². The van der Waals surface area contributed by atoms with Crippen LogP contribution in [-0.2, 0) is 11.3 Å². The van der Waals surface area contributed by atoms with Crippen molar-refractivity contribution >= 4 is 0 Å². The third kappa shape index (κ3) is 1.93. The molecule has 0 unspecified atom stereocenters. The topological polar surface area (TPSA) is 22.1 Å². The maximum atomic E-state index is 5.91. The first-order valence-corrected chi connectivity index (χ1v) is 6.54. The lowest BCUT2D eigenvalue weighted by Gasteiger charge is -2.10. The molecule has 1 aromatic carbocycles. The van der Waals surface area contributed by atoms with E-state index in [1.54, 1.807) is 0 Å². The lowest BCUT2D eigenvalue weighted by molar-refractivity contribution is 0.0597. The summed E-state index contributed by atoms with van der Waals surface area (Å²) in [6.07, 6.45) is 6.26. The van der Waals surface area contributed by atoms with Gasteiger partial charge in [0.05, 0.1) is 12.7 Å². The van der Waals surface area contributed by atoms with Gasteiger partial charge in [-0.15, -0.1) is 0 Å². The number of hydrogen-bond donors (Lipinski definition) is 0. The maximum absolute atomic E-state index is 5.91. The fourth-order valence-corrected chi connectivity index (χ4v) is 2.63. The highest BCUT2D eigenvalue weighted by Gasteiger charge is 2.24. The van der Waals surface area contributed by atoms with Gasteiger partial charge in [0.1, 0.15) is 0 Å². The van der Waals surface area contributed by atoms with Crippen LogP contribution in [0.15, 0.2) is 42.7 Å². The smallest absolute Gasteiger partial charge is 0.0833 e. The van der Waals surface area contributed by atoms with E-state index in [9.17, 15) is 0 Å². The summed E-state index contributed by atoms with van der Waals surface area (Å²) < 4.78 is 5.91. The van der Waals surface area contributed by atoms with Gasteiger partial charge >= 0.3 is 0 Å². The summed E-state index contributed by atoms with van der Waals surface area (Å²) in [5.41, 5.74) is 5.14. The van der Waals surface area contributed by atoms with E-state index in [0.717, 1.165) is 19.4 Å². The van der Waals surface area contributed by atoms with Gasteiger partial charge in [0.2, 0.25) is 0 Å². The van der Waals surface area contributed by atoms with Gasteiger partial charge in [0.25, 0.3) is 0 Å². The number of pyridine rings is 1. The van der Waals surface area contributed by atoms with Crippen molar-refractivity contribution < 1.29 is 4.74 Å². The predicted octanol–water partition coefficient (Wildman–Crippen LogP) is 4.12. The van der Waals surface area contributed by atoms with Crippen LogP contribution in [0.1, 0.15) is 37.0 Å². The Morgan fingerprint density at radius 1 is 1.28 bits per heavy atom. The first-order chi connectivity index (χ1) is 8.90. The zero-order valence-electron chi connectivity index (χ0n) is 10.6. The lowest BCUT2D eigenvalue weighted by atomic mass is 9.95. The average Bonchev–Trinajstić information content (AvgIpc) is 2.84. The zero-order chi connectivity index (χ0) is 12.4. The molecule has 0 aliphatic carbocycles. The number of hydrogen-bond acceptors (Lipinski definition) is 2. The number of ether oxygens (including phenoxy) is 1. The molecule has 2 nitrogen and oxygen atoms in total. The highest BCUT2D eigenvalue weighted by Crippen LogP contribution is 2.38. The van der Waals surface area contributed by atoms with Gasteiger partial charge in [0.15, 0.2) is 0 Å². The van der Waals surface area contributed by atoms with Gasteiger partial charge in [-0.3, -0.25) is 4.98 Å². The number of benzene rings is 1. The fourth-order valence-electron chi connectivity index (χ4n) is 2.63. The van der Waals surface area contributed by atoms with Gasteiger partial charge in [-0.05, 0) is 29.2 Å². The molecule has 1 aromatic heterocycles. The third-order valence-electron chi connectivity index (χ3n) is 3.51. The van der Waals surface area contributed by atoms with E-state index in [0.29, 0.717) is 0 Å². The van der Waals surface area contributed by atoms with Gasteiger partial charge in [-0.1, -0.05) is 37.6 Å². The van der Waals surface area contributed by atoms with Crippen molar-refractivity contribution in [3.05, 3.63) is 53.9 Å². The molecule has 0 bridgehead atoms.